The molecule has 1 amide bonds. The van der Waals surface area contributed by atoms with Crippen LogP contribution < -0.4 is 0 Å². The molecule has 1 aromatic carbocycles. The number of aliphatic carboxylic acids is 1. The first kappa shape index (κ1) is 17.2. The number of ether oxygens (including phenoxy) is 1. The first-order valence-electron chi connectivity index (χ1n) is 8.23. The lowest BCUT2D eigenvalue weighted by molar-refractivity contribution is -0.136. The molecule has 2 atom stereocenters. The molecule has 0 saturated carbocycles. The van der Waals surface area contributed by atoms with E-state index in [4.69, 9.17) is 14.3 Å². The fourth-order valence-corrected chi connectivity index (χ4v) is 3.17. The lowest BCUT2D eigenvalue weighted by Crippen LogP contribution is -2.47. The fourth-order valence-electron chi connectivity index (χ4n) is 3.17. The average molecular weight is 343 g/mol. The van der Waals surface area contributed by atoms with Crippen LogP contribution in [-0.2, 0) is 16.0 Å². The summed E-state index contributed by atoms with van der Waals surface area (Å²) in [5, 5.41) is 9.06. The molecule has 0 aliphatic carbocycles. The zero-order valence-corrected chi connectivity index (χ0v) is 14.3. The molecule has 6 nitrogen and oxygen atoms in total. The van der Waals surface area contributed by atoms with E-state index in [2.05, 4.69) is 0 Å². The predicted octanol–water partition coefficient (Wildman–Crippen LogP) is 2.82. The van der Waals surface area contributed by atoms with Crippen molar-refractivity contribution in [2.75, 3.05) is 13.2 Å². The van der Waals surface area contributed by atoms with Crippen molar-refractivity contribution in [1.82, 2.24) is 4.90 Å². The molecule has 2 heterocycles. The van der Waals surface area contributed by atoms with Gasteiger partial charge in [0, 0.05) is 12.1 Å². The summed E-state index contributed by atoms with van der Waals surface area (Å²) in [6.45, 7) is 4.52. The smallest absolute Gasteiger partial charge is 0.311 e. The van der Waals surface area contributed by atoms with Gasteiger partial charge in [-0.15, -0.1) is 0 Å². The number of morpholine rings is 1. The van der Waals surface area contributed by atoms with E-state index in [1.165, 1.54) is 6.26 Å². The molecule has 0 radical (unpaired) electrons. The maximum Gasteiger partial charge on any atom is 0.311 e. The minimum absolute atomic E-state index is 0.0842. The van der Waals surface area contributed by atoms with Crippen molar-refractivity contribution in [1.29, 1.82) is 0 Å². The Balaban J connectivity index is 1.95. The van der Waals surface area contributed by atoms with E-state index in [0.717, 1.165) is 5.56 Å². The van der Waals surface area contributed by atoms with E-state index in [-0.39, 0.29) is 30.2 Å². The van der Waals surface area contributed by atoms with Crippen molar-refractivity contribution in [2.24, 2.45) is 0 Å². The number of aryl methyl sites for hydroxylation is 1. The first-order chi connectivity index (χ1) is 12.0. The van der Waals surface area contributed by atoms with Gasteiger partial charge in [0.1, 0.15) is 12.2 Å². The third-order valence-corrected chi connectivity index (χ3v) is 4.39. The first-order valence-corrected chi connectivity index (χ1v) is 8.23. The standard InChI is InChI=1S/C19H21NO5/c1-12-10-25-16(8-17(21)22)18(12)19(23)20-9-13(2)24-11-15(20)14-6-4-3-5-7-14/h3-7,10,13,15H,8-9,11H2,1-2H3,(H,21,22). The van der Waals surface area contributed by atoms with Crippen LogP contribution in [0.4, 0.5) is 0 Å². The second-order valence-electron chi connectivity index (χ2n) is 6.32. The summed E-state index contributed by atoms with van der Waals surface area (Å²) in [6.07, 6.45) is 1.04. The van der Waals surface area contributed by atoms with E-state index < -0.39 is 5.97 Å². The lowest BCUT2D eigenvalue weighted by Gasteiger charge is -2.39. The third kappa shape index (κ3) is 3.58. The van der Waals surface area contributed by atoms with Crippen LogP contribution in [0.2, 0.25) is 0 Å². The van der Waals surface area contributed by atoms with Crippen LogP contribution in [0.3, 0.4) is 0 Å². The number of carboxylic acid groups (broad SMARTS) is 1. The summed E-state index contributed by atoms with van der Waals surface area (Å²) < 4.78 is 11.1. The van der Waals surface area contributed by atoms with Gasteiger partial charge < -0.3 is 19.2 Å². The van der Waals surface area contributed by atoms with Gasteiger partial charge in [0.05, 0.1) is 30.6 Å². The summed E-state index contributed by atoms with van der Waals surface area (Å²) in [4.78, 5) is 26.0. The zero-order valence-electron chi connectivity index (χ0n) is 14.3. The number of amides is 1. The summed E-state index contributed by atoms with van der Waals surface area (Å²) >= 11 is 0. The third-order valence-electron chi connectivity index (χ3n) is 4.39. The SMILES string of the molecule is Cc1coc(CC(=O)O)c1C(=O)N1CC(C)OCC1c1ccccc1. The molecule has 2 aromatic rings. The van der Waals surface area contributed by atoms with Crippen LogP contribution in [0, 0.1) is 6.92 Å². The normalized spacial score (nSPS) is 20.5. The van der Waals surface area contributed by atoms with Gasteiger partial charge in [-0.25, -0.2) is 0 Å². The number of carboxylic acids is 1. The molecular formula is C19H21NO5. The maximum absolute atomic E-state index is 13.2. The van der Waals surface area contributed by atoms with Crippen LogP contribution in [0.1, 0.15) is 40.2 Å². The molecule has 1 N–H and O–H groups in total. The van der Waals surface area contributed by atoms with Crippen molar-refractivity contribution >= 4 is 11.9 Å². The van der Waals surface area contributed by atoms with Crippen molar-refractivity contribution in [3.63, 3.8) is 0 Å². The van der Waals surface area contributed by atoms with Crippen LogP contribution in [-0.4, -0.2) is 41.1 Å². The van der Waals surface area contributed by atoms with E-state index in [9.17, 15) is 9.59 Å². The Morgan fingerprint density at radius 1 is 1.28 bits per heavy atom. The minimum Gasteiger partial charge on any atom is -0.481 e. The number of hydrogen-bond donors (Lipinski definition) is 1. The Labute approximate surface area is 146 Å². The number of furan rings is 1. The van der Waals surface area contributed by atoms with E-state index in [0.29, 0.717) is 24.3 Å². The molecule has 2 unspecified atom stereocenters. The molecule has 1 aliphatic heterocycles. The zero-order chi connectivity index (χ0) is 18.0. The average Bonchev–Trinajstić information content (AvgIpc) is 2.94. The highest BCUT2D eigenvalue weighted by atomic mass is 16.5. The van der Waals surface area contributed by atoms with Gasteiger partial charge >= 0.3 is 5.97 Å². The van der Waals surface area contributed by atoms with Crippen molar-refractivity contribution in [2.45, 2.75) is 32.4 Å². The highest BCUT2D eigenvalue weighted by Crippen LogP contribution is 2.30. The van der Waals surface area contributed by atoms with E-state index >= 15 is 0 Å². The summed E-state index contributed by atoms with van der Waals surface area (Å²) in [6, 6.07) is 9.49. The summed E-state index contributed by atoms with van der Waals surface area (Å²) in [5.41, 5.74) is 1.98. The molecular weight excluding hydrogens is 322 g/mol. The second kappa shape index (κ2) is 7.11. The molecule has 0 bridgehead atoms. The highest BCUT2D eigenvalue weighted by Gasteiger charge is 2.34. The Morgan fingerprint density at radius 2 is 2.00 bits per heavy atom. The van der Waals surface area contributed by atoms with Gasteiger partial charge in [-0.05, 0) is 19.4 Å². The number of nitrogens with zero attached hydrogens (tertiary/aromatic N) is 1. The molecule has 25 heavy (non-hydrogen) atoms. The minimum atomic E-state index is -1.03. The van der Waals surface area contributed by atoms with Crippen molar-refractivity contribution in [3.8, 4) is 0 Å². The monoisotopic (exact) mass is 343 g/mol. The van der Waals surface area contributed by atoms with Gasteiger partial charge in [-0.3, -0.25) is 9.59 Å². The van der Waals surface area contributed by atoms with Gasteiger partial charge in [0.2, 0.25) is 0 Å². The van der Waals surface area contributed by atoms with Gasteiger partial charge in [0.15, 0.2) is 0 Å². The Morgan fingerprint density at radius 3 is 2.68 bits per heavy atom. The molecule has 1 aliphatic rings. The molecule has 6 heteroatoms. The molecule has 3 rings (SSSR count). The number of benzene rings is 1. The van der Waals surface area contributed by atoms with E-state index in [1.54, 1.807) is 11.8 Å². The molecule has 132 valence electrons. The van der Waals surface area contributed by atoms with E-state index in [1.807, 2.05) is 37.3 Å². The van der Waals surface area contributed by atoms with Crippen LogP contribution in [0.15, 0.2) is 41.0 Å². The fraction of sp³-hybridized carbons (Fsp3) is 0.368. The van der Waals surface area contributed by atoms with Crippen LogP contribution >= 0.6 is 0 Å². The van der Waals surface area contributed by atoms with Gasteiger partial charge in [0.25, 0.3) is 5.91 Å². The summed E-state index contributed by atoms with van der Waals surface area (Å²) in [5.74, 6) is -1.05. The Bertz CT molecular complexity index is 767. The molecule has 1 fully saturated rings. The highest BCUT2D eigenvalue weighted by molar-refractivity contribution is 5.97. The van der Waals surface area contributed by atoms with Gasteiger partial charge in [-0.2, -0.15) is 0 Å². The van der Waals surface area contributed by atoms with Gasteiger partial charge in [-0.1, -0.05) is 30.3 Å². The lowest BCUT2D eigenvalue weighted by atomic mass is 10.0. The maximum atomic E-state index is 13.2. The Kier molecular flexibility index (Phi) is 4.90. The largest absolute Gasteiger partial charge is 0.481 e. The van der Waals surface area contributed by atoms with Crippen molar-refractivity contribution < 1.29 is 23.8 Å². The molecule has 0 spiro atoms. The second-order valence-corrected chi connectivity index (χ2v) is 6.32. The molecule has 1 saturated heterocycles. The molecule has 1 aromatic heterocycles. The number of carbonyl (C=O) groups excluding carboxylic acids is 1. The number of hydrogen-bond acceptors (Lipinski definition) is 4. The quantitative estimate of drug-likeness (QED) is 0.923. The number of carbonyl (C=O) groups is 2. The van der Waals surface area contributed by atoms with Crippen LogP contribution in [0.25, 0.3) is 0 Å². The predicted molar refractivity (Wildman–Crippen MR) is 90.4 cm³/mol. The topological polar surface area (TPSA) is 80.0 Å². The van der Waals surface area contributed by atoms with Crippen molar-refractivity contribution in [3.05, 3.63) is 59.0 Å². The van der Waals surface area contributed by atoms with Crippen LogP contribution in [0.5, 0.6) is 0 Å². The summed E-state index contributed by atoms with van der Waals surface area (Å²) in [7, 11) is 0. The number of rotatable bonds is 4. The Hall–Kier alpha value is -2.60.